The fourth-order valence-electron chi connectivity index (χ4n) is 1.53. The average molecular weight is 328 g/mol. The topological polar surface area (TPSA) is 61.4 Å². The molecule has 1 rings (SSSR count). The zero-order valence-electron chi connectivity index (χ0n) is 11.1. The first-order valence-electron chi connectivity index (χ1n) is 5.91. The summed E-state index contributed by atoms with van der Waals surface area (Å²) in [6, 6.07) is 7.94. The second-order valence-corrected chi connectivity index (χ2v) is 5.16. The van der Waals surface area contributed by atoms with Gasteiger partial charge in [0, 0.05) is 18.1 Å². The first-order chi connectivity index (χ1) is 9.01. The Hall–Kier alpha value is -1.40. The Morgan fingerprint density at radius 1 is 1.21 bits per heavy atom. The van der Waals surface area contributed by atoms with Crippen LogP contribution in [-0.2, 0) is 16.1 Å². The number of nitrogens with zero attached hydrogens (tertiary/aromatic N) is 1. The van der Waals surface area contributed by atoms with Crippen LogP contribution in [0.5, 0.6) is 0 Å². The molecule has 0 aliphatic rings. The van der Waals surface area contributed by atoms with Gasteiger partial charge in [0.25, 0.3) is 0 Å². The van der Waals surface area contributed by atoms with E-state index in [2.05, 4.69) is 26.6 Å². The molecule has 104 valence electrons. The lowest BCUT2D eigenvalue weighted by atomic mass is 10.2. The molecule has 2 amide bonds. The largest absolute Gasteiger partial charge is 0.358 e. The summed E-state index contributed by atoms with van der Waals surface area (Å²) in [5.74, 6) is -0.368. The highest BCUT2D eigenvalue weighted by atomic mass is 79.9. The van der Waals surface area contributed by atoms with Crippen LogP contribution in [-0.4, -0.2) is 43.9 Å². The van der Waals surface area contributed by atoms with Crippen LogP contribution in [0, 0.1) is 0 Å². The molecule has 0 saturated heterocycles. The first-order valence-corrected chi connectivity index (χ1v) is 6.71. The number of likely N-dealkylation sites (N-methyl/N-ethyl adjacent to an activating group) is 2. The summed E-state index contributed by atoms with van der Waals surface area (Å²) in [5, 5.41) is 5.01. The van der Waals surface area contributed by atoms with Gasteiger partial charge in [-0.25, -0.2) is 0 Å². The third-order valence-electron chi connectivity index (χ3n) is 2.50. The summed E-state index contributed by atoms with van der Waals surface area (Å²) in [4.78, 5) is 24.5. The quantitative estimate of drug-likeness (QED) is 0.810. The summed E-state index contributed by atoms with van der Waals surface area (Å²) in [5.41, 5.74) is 1.13. The predicted molar refractivity (Wildman–Crippen MR) is 77.6 cm³/mol. The highest BCUT2D eigenvalue weighted by Crippen LogP contribution is 2.11. The minimum absolute atomic E-state index is 0.0153. The Labute approximate surface area is 121 Å². The monoisotopic (exact) mass is 327 g/mol. The molecule has 0 aromatic heterocycles. The van der Waals surface area contributed by atoms with Crippen LogP contribution < -0.4 is 10.6 Å². The lowest BCUT2D eigenvalue weighted by Gasteiger charge is -2.16. The molecule has 0 spiro atoms. The number of amides is 2. The Kier molecular flexibility index (Phi) is 6.52. The molecule has 0 fully saturated rings. The van der Waals surface area contributed by atoms with Gasteiger partial charge in [0.05, 0.1) is 13.1 Å². The van der Waals surface area contributed by atoms with Gasteiger partial charge >= 0.3 is 0 Å². The van der Waals surface area contributed by atoms with E-state index in [1.165, 1.54) is 7.05 Å². The second-order valence-electron chi connectivity index (χ2n) is 4.25. The molecule has 5 nitrogen and oxygen atoms in total. The van der Waals surface area contributed by atoms with E-state index < -0.39 is 0 Å². The van der Waals surface area contributed by atoms with Gasteiger partial charge in [0.2, 0.25) is 11.8 Å². The van der Waals surface area contributed by atoms with Gasteiger partial charge in [-0.15, -0.1) is 0 Å². The summed E-state index contributed by atoms with van der Waals surface area (Å²) in [7, 11) is 3.40. The number of carbonyl (C=O) groups excluding carboxylic acids is 2. The number of hydrogen-bond acceptors (Lipinski definition) is 3. The van der Waals surface area contributed by atoms with Gasteiger partial charge in [-0.05, 0) is 24.7 Å². The van der Waals surface area contributed by atoms with Gasteiger partial charge in [0.15, 0.2) is 0 Å². The minimum atomic E-state index is -0.205. The lowest BCUT2D eigenvalue weighted by Crippen LogP contribution is -2.40. The second kappa shape index (κ2) is 7.91. The van der Waals surface area contributed by atoms with Crippen LogP contribution in [0.3, 0.4) is 0 Å². The molecule has 6 heteroatoms. The SMILES string of the molecule is CNC(=O)CNC(=O)CN(C)Cc1ccc(Br)cc1. The van der Waals surface area contributed by atoms with Crippen LogP contribution in [0.2, 0.25) is 0 Å². The lowest BCUT2D eigenvalue weighted by molar-refractivity contribution is -0.126. The van der Waals surface area contributed by atoms with E-state index in [9.17, 15) is 9.59 Å². The fraction of sp³-hybridized carbons (Fsp3) is 0.385. The summed E-state index contributed by atoms with van der Waals surface area (Å²) < 4.78 is 1.03. The molecular formula is C13H18BrN3O2. The van der Waals surface area contributed by atoms with Crippen molar-refractivity contribution in [2.75, 3.05) is 27.2 Å². The maximum absolute atomic E-state index is 11.6. The molecule has 1 aromatic carbocycles. The van der Waals surface area contributed by atoms with E-state index in [0.717, 1.165) is 10.0 Å². The Morgan fingerprint density at radius 2 is 1.84 bits per heavy atom. The van der Waals surface area contributed by atoms with E-state index in [1.54, 1.807) is 0 Å². The highest BCUT2D eigenvalue weighted by Gasteiger charge is 2.08. The van der Waals surface area contributed by atoms with Crippen LogP contribution in [0.15, 0.2) is 28.7 Å². The van der Waals surface area contributed by atoms with Gasteiger partial charge < -0.3 is 10.6 Å². The number of hydrogen-bond donors (Lipinski definition) is 2. The van der Waals surface area contributed by atoms with Crippen molar-refractivity contribution in [1.29, 1.82) is 0 Å². The van der Waals surface area contributed by atoms with Crippen molar-refractivity contribution in [1.82, 2.24) is 15.5 Å². The smallest absolute Gasteiger partial charge is 0.239 e. The van der Waals surface area contributed by atoms with Gasteiger partial charge in [-0.3, -0.25) is 14.5 Å². The molecule has 1 aromatic rings. The fourth-order valence-corrected chi connectivity index (χ4v) is 1.79. The van der Waals surface area contributed by atoms with E-state index in [4.69, 9.17) is 0 Å². The van der Waals surface area contributed by atoms with Crippen LogP contribution in [0.4, 0.5) is 0 Å². The van der Waals surface area contributed by atoms with Crippen molar-refractivity contribution >= 4 is 27.7 Å². The molecular weight excluding hydrogens is 310 g/mol. The summed E-state index contributed by atoms with van der Waals surface area (Å²) in [6.45, 7) is 0.954. The van der Waals surface area contributed by atoms with Crippen molar-refractivity contribution in [3.63, 3.8) is 0 Å². The molecule has 2 N–H and O–H groups in total. The number of rotatable bonds is 6. The predicted octanol–water partition coefficient (Wildman–Crippen LogP) is 0.743. The Bertz CT molecular complexity index is 434. The van der Waals surface area contributed by atoms with Crippen LogP contribution >= 0.6 is 15.9 Å². The van der Waals surface area contributed by atoms with E-state index in [0.29, 0.717) is 6.54 Å². The van der Waals surface area contributed by atoms with Crippen molar-refractivity contribution in [3.8, 4) is 0 Å². The molecule has 0 unspecified atom stereocenters. The number of benzene rings is 1. The molecule has 0 aliphatic carbocycles. The van der Waals surface area contributed by atoms with Crippen molar-refractivity contribution in [2.45, 2.75) is 6.54 Å². The highest BCUT2D eigenvalue weighted by molar-refractivity contribution is 9.10. The molecule has 0 aliphatic heterocycles. The van der Waals surface area contributed by atoms with E-state index >= 15 is 0 Å². The third kappa shape index (κ3) is 6.35. The normalized spacial score (nSPS) is 10.3. The zero-order chi connectivity index (χ0) is 14.3. The number of halogens is 1. The van der Waals surface area contributed by atoms with Crippen LogP contribution in [0.25, 0.3) is 0 Å². The summed E-state index contributed by atoms with van der Waals surface area (Å²) in [6.07, 6.45) is 0. The van der Waals surface area contributed by atoms with Crippen molar-refractivity contribution in [3.05, 3.63) is 34.3 Å². The van der Waals surface area contributed by atoms with Gasteiger partial charge in [0.1, 0.15) is 0 Å². The van der Waals surface area contributed by atoms with Gasteiger partial charge in [-0.1, -0.05) is 28.1 Å². The Morgan fingerprint density at radius 3 is 2.42 bits per heavy atom. The van der Waals surface area contributed by atoms with E-state index in [-0.39, 0.29) is 24.9 Å². The average Bonchev–Trinajstić information content (AvgIpc) is 2.38. The van der Waals surface area contributed by atoms with Crippen molar-refractivity contribution in [2.24, 2.45) is 0 Å². The molecule has 0 bridgehead atoms. The molecule has 0 saturated carbocycles. The summed E-state index contributed by atoms with van der Waals surface area (Å²) >= 11 is 3.38. The Balaban J connectivity index is 2.34. The molecule has 0 radical (unpaired) electrons. The first kappa shape index (κ1) is 15.7. The molecule has 0 heterocycles. The number of carbonyl (C=O) groups is 2. The van der Waals surface area contributed by atoms with Gasteiger partial charge in [-0.2, -0.15) is 0 Å². The van der Waals surface area contributed by atoms with Crippen LogP contribution in [0.1, 0.15) is 5.56 Å². The molecule has 19 heavy (non-hydrogen) atoms. The zero-order valence-corrected chi connectivity index (χ0v) is 12.7. The standard InChI is InChI=1S/C13H18BrN3O2/c1-15-12(18)7-16-13(19)9-17(2)8-10-3-5-11(14)6-4-10/h3-6H,7-9H2,1-2H3,(H,15,18)(H,16,19). The third-order valence-corrected chi connectivity index (χ3v) is 3.03. The molecule has 0 atom stereocenters. The number of nitrogens with one attached hydrogen (secondary N) is 2. The van der Waals surface area contributed by atoms with Crippen molar-refractivity contribution < 1.29 is 9.59 Å². The van der Waals surface area contributed by atoms with E-state index in [1.807, 2.05) is 36.2 Å². The maximum Gasteiger partial charge on any atom is 0.239 e. The minimum Gasteiger partial charge on any atom is -0.358 e. The maximum atomic E-state index is 11.6.